The molecule has 1 amide bonds. The standard InChI is InChI=1S/C33H48N2O5/c1-28(2)12-14-33(27(37)35(7)8)15-13-31(5)25(21(33)18-28)22(36)16-24-29(3)17-20-19-34-39-26(20)32(6,40-38-9)23(29)10-11-30(24,31)4/h16,19,21,23,25H,10-15,17-18H2,1-9H3/t21-,23+,25-,29-,30+,31+,32-,33-/m0/s1. The number of carbonyl (C=O) groups is 2. The van der Waals surface area contributed by atoms with Crippen LogP contribution in [0.4, 0.5) is 0 Å². The van der Waals surface area contributed by atoms with Crippen molar-refractivity contribution in [1.29, 1.82) is 0 Å². The summed E-state index contributed by atoms with van der Waals surface area (Å²) in [5.74, 6) is 1.14. The van der Waals surface area contributed by atoms with Crippen LogP contribution in [0.2, 0.25) is 0 Å². The summed E-state index contributed by atoms with van der Waals surface area (Å²) < 4.78 is 5.76. The number of allylic oxidation sites excluding steroid dienone is 2. The van der Waals surface area contributed by atoms with E-state index in [2.05, 4.69) is 39.8 Å². The van der Waals surface area contributed by atoms with E-state index in [9.17, 15) is 9.59 Å². The van der Waals surface area contributed by atoms with E-state index in [4.69, 9.17) is 14.3 Å². The van der Waals surface area contributed by atoms with Gasteiger partial charge < -0.3 is 9.42 Å². The molecule has 6 rings (SSSR count). The number of hydrogen-bond acceptors (Lipinski definition) is 6. The van der Waals surface area contributed by atoms with Crippen LogP contribution in [0.25, 0.3) is 0 Å². The number of ketones is 1. The van der Waals surface area contributed by atoms with Crippen molar-refractivity contribution in [3.63, 3.8) is 0 Å². The summed E-state index contributed by atoms with van der Waals surface area (Å²) in [5, 5.41) is 4.15. The first-order valence-corrected chi connectivity index (χ1v) is 15.2. The van der Waals surface area contributed by atoms with E-state index in [0.29, 0.717) is 0 Å². The fraction of sp³-hybridized carbons (Fsp3) is 0.788. The summed E-state index contributed by atoms with van der Waals surface area (Å²) in [6, 6.07) is 0. The molecule has 5 aliphatic rings. The van der Waals surface area contributed by atoms with E-state index in [0.717, 1.165) is 62.7 Å². The van der Waals surface area contributed by atoms with Gasteiger partial charge in [0.15, 0.2) is 17.1 Å². The quantitative estimate of drug-likeness (QED) is 0.325. The van der Waals surface area contributed by atoms with E-state index >= 15 is 0 Å². The van der Waals surface area contributed by atoms with Crippen molar-refractivity contribution in [3.05, 3.63) is 29.2 Å². The smallest absolute Gasteiger partial charge is 0.228 e. The monoisotopic (exact) mass is 552 g/mol. The molecule has 0 bridgehead atoms. The van der Waals surface area contributed by atoms with Gasteiger partial charge in [0.1, 0.15) is 0 Å². The van der Waals surface area contributed by atoms with Crippen LogP contribution in [0, 0.1) is 44.8 Å². The van der Waals surface area contributed by atoms with Gasteiger partial charge in [-0.05, 0) is 91.9 Å². The van der Waals surface area contributed by atoms with Crippen LogP contribution in [0.15, 0.2) is 22.4 Å². The molecule has 7 heteroatoms. The highest BCUT2D eigenvalue weighted by molar-refractivity contribution is 5.96. The molecule has 3 saturated carbocycles. The maximum absolute atomic E-state index is 14.6. The van der Waals surface area contributed by atoms with Crippen LogP contribution < -0.4 is 0 Å². The zero-order valence-corrected chi connectivity index (χ0v) is 26.0. The zero-order valence-electron chi connectivity index (χ0n) is 26.0. The minimum absolute atomic E-state index is 0.0516. The first-order valence-electron chi connectivity index (χ1n) is 15.2. The Morgan fingerprint density at radius 2 is 1.75 bits per heavy atom. The molecule has 8 atom stereocenters. The van der Waals surface area contributed by atoms with Gasteiger partial charge in [0, 0.05) is 31.5 Å². The summed E-state index contributed by atoms with van der Waals surface area (Å²) in [6.07, 6.45) is 11.0. The molecule has 0 saturated heterocycles. The average molecular weight is 553 g/mol. The summed E-state index contributed by atoms with van der Waals surface area (Å²) in [6.45, 7) is 13.8. The summed E-state index contributed by atoms with van der Waals surface area (Å²) >= 11 is 0. The number of hydrogen-bond donors (Lipinski definition) is 0. The van der Waals surface area contributed by atoms with Gasteiger partial charge in [0.25, 0.3) is 0 Å². The molecule has 0 aliphatic heterocycles. The Kier molecular flexibility index (Phi) is 6.00. The molecule has 40 heavy (non-hydrogen) atoms. The topological polar surface area (TPSA) is 81.9 Å². The Balaban J connectivity index is 1.50. The second-order valence-corrected chi connectivity index (χ2v) is 15.7. The summed E-state index contributed by atoms with van der Waals surface area (Å²) in [7, 11) is 5.31. The summed E-state index contributed by atoms with van der Waals surface area (Å²) in [4.78, 5) is 41.7. The van der Waals surface area contributed by atoms with Crippen LogP contribution in [0.3, 0.4) is 0 Å². The third-order valence-corrected chi connectivity index (χ3v) is 13.1. The van der Waals surface area contributed by atoms with Crippen LogP contribution in [0.5, 0.6) is 0 Å². The van der Waals surface area contributed by atoms with Gasteiger partial charge in [-0.2, -0.15) is 0 Å². The van der Waals surface area contributed by atoms with Crippen molar-refractivity contribution in [2.45, 2.75) is 98.5 Å². The van der Waals surface area contributed by atoms with Crippen LogP contribution in [0.1, 0.15) is 97.8 Å². The third-order valence-electron chi connectivity index (χ3n) is 13.1. The lowest BCUT2D eigenvalue weighted by Gasteiger charge is -2.69. The van der Waals surface area contributed by atoms with E-state index in [-0.39, 0.29) is 51.1 Å². The predicted octanol–water partition coefficient (Wildman–Crippen LogP) is 6.27. The molecule has 0 unspecified atom stereocenters. The Labute approximate surface area is 239 Å². The van der Waals surface area contributed by atoms with Crippen LogP contribution in [-0.4, -0.2) is 43.0 Å². The maximum Gasteiger partial charge on any atom is 0.228 e. The molecule has 0 N–H and O–H groups in total. The molecule has 1 aromatic heterocycles. The fourth-order valence-electron chi connectivity index (χ4n) is 11.0. The van der Waals surface area contributed by atoms with Gasteiger partial charge in [-0.15, -0.1) is 0 Å². The molecule has 1 aromatic rings. The van der Waals surface area contributed by atoms with Crippen LogP contribution in [-0.2, 0) is 31.4 Å². The molecule has 3 fully saturated rings. The Hall–Kier alpha value is -1.99. The molecule has 0 aromatic carbocycles. The van der Waals surface area contributed by atoms with Crippen molar-refractivity contribution in [2.75, 3.05) is 21.2 Å². The van der Waals surface area contributed by atoms with Gasteiger partial charge in [-0.1, -0.05) is 45.3 Å². The lowest BCUT2D eigenvalue weighted by Crippen LogP contribution is -2.67. The Bertz CT molecular complexity index is 1280. The summed E-state index contributed by atoms with van der Waals surface area (Å²) in [5.41, 5.74) is 0.413. The SMILES string of the molecule is COO[C@]1(C)c2oncc2C[C@]2(C)C3=CC(=O)[C@@H]4[C@@H]5CC(C)(C)CC[C@]5(C(=O)N(C)C)CC[C@@]4(C)[C@]3(C)CC[C@H]21. The number of amides is 1. The predicted molar refractivity (Wildman–Crippen MR) is 151 cm³/mol. The number of rotatable bonds is 3. The molecule has 0 spiro atoms. The first kappa shape index (κ1) is 28.1. The number of carbonyl (C=O) groups excluding carboxylic acids is 2. The third kappa shape index (κ3) is 3.34. The second kappa shape index (κ2) is 8.53. The molecular weight excluding hydrogens is 504 g/mol. The highest BCUT2D eigenvalue weighted by atomic mass is 17.2. The van der Waals surface area contributed by atoms with Crippen molar-refractivity contribution in [2.24, 2.45) is 44.8 Å². The number of nitrogens with zero attached hydrogens (tertiary/aromatic N) is 2. The van der Waals surface area contributed by atoms with Crippen molar-refractivity contribution < 1.29 is 23.9 Å². The highest BCUT2D eigenvalue weighted by Gasteiger charge is 2.71. The molecule has 0 radical (unpaired) electrons. The lowest BCUT2D eigenvalue weighted by molar-refractivity contribution is -0.375. The Morgan fingerprint density at radius 3 is 2.42 bits per heavy atom. The number of fused-ring (bicyclic) bond motifs is 8. The minimum Gasteiger partial charge on any atom is -0.358 e. The molecule has 1 heterocycles. The lowest BCUT2D eigenvalue weighted by atomic mass is 9.34. The van der Waals surface area contributed by atoms with E-state index < -0.39 is 11.0 Å². The van der Waals surface area contributed by atoms with E-state index in [1.165, 1.54) is 5.57 Å². The average Bonchev–Trinajstić information content (AvgIpc) is 3.34. The molecule has 5 aliphatic carbocycles. The second-order valence-electron chi connectivity index (χ2n) is 15.7. The van der Waals surface area contributed by atoms with Gasteiger partial charge >= 0.3 is 0 Å². The normalized spacial score (nSPS) is 45.3. The van der Waals surface area contributed by atoms with Gasteiger partial charge in [-0.25, -0.2) is 9.78 Å². The fourth-order valence-corrected chi connectivity index (χ4v) is 11.0. The van der Waals surface area contributed by atoms with Crippen molar-refractivity contribution in [1.82, 2.24) is 10.1 Å². The highest BCUT2D eigenvalue weighted by Crippen LogP contribution is 2.75. The van der Waals surface area contributed by atoms with Crippen molar-refractivity contribution >= 4 is 11.7 Å². The van der Waals surface area contributed by atoms with Gasteiger partial charge in [0.2, 0.25) is 5.91 Å². The molecular formula is C33H48N2O5. The maximum atomic E-state index is 14.6. The van der Waals surface area contributed by atoms with E-state index in [1.807, 2.05) is 33.3 Å². The van der Waals surface area contributed by atoms with Gasteiger partial charge in [-0.3, -0.25) is 9.59 Å². The first-order chi connectivity index (χ1) is 18.6. The minimum atomic E-state index is -0.802. The zero-order chi connectivity index (χ0) is 29.1. The number of aromatic nitrogens is 1. The van der Waals surface area contributed by atoms with Crippen LogP contribution >= 0.6 is 0 Å². The molecule has 7 nitrogen and oxygen atoms in total. The van der Waals surface area contributed by atoms with Gasteiger partial charge in [0.05, 0.1) is 18.7 Å². The molecule has 220 valence electrons. The largest absolute Gasteiger partial charge is 0.358 e. The van der Waals surface area contributed by atoms with E-state index in [1.54, 1.807) is 12.0 Å². The Morgan fingerprint density at radius 1 is 1.05 bits per heavy atom. The van der Waals surface area contributed by atoms with Crippen molar-refractivity contribution in [3.8, 4) is 0 Å².